The van der Waals surface area contributed by atoms with E-state index in [1.165, 1.54) is 0 Å². The maximum absolute atomic E-state index is 12.4. The van der Waals surface area contributed by atoms with E-state index in [4.69, 9.17) is 14.7 Å². The lowest BCUT2D eigenvalue weighted by atomic mass is 9.97. The van der Waals surface area contributed by atoms with E-state index in [0.29, 0.717) is 55.8 Å². The van der Waals surface area contributed by atoms with Gasteiger partial charge in [-0.25, -0.2) is 19.6 Å². The Bertz CT molecular complexity index is 1840. The first-order valence-electron chi connectivity index (χ1n) is 13.0. The lowest BCUT2D eigenvalue weighted by molar-refractivity contribution is 0.0687. The third-order valence-electron chi connectivity index (χ3n) is 7.16. The maximum atomic E-state index is 12.4. The quantitative estimate of drug-likeness (QED) is 0.221. The van der Waals surface area contributed by atoms with E-state index in [9.17, 15) is 19.8 Å². The summed E-state index contributed by atoms with van der Waals surface area (Å²) in [6.45, 7) is 3.50. The molecule has 2 heterocycles. The van der Waals surface area contributed by atoms with Gasteiger partial charge in [0.15, 0.2) is 0 Å². The number of fused-ring (bicyclic) bond motifs is 2. The number of ether oxygens (including phenoxy) is 1. The van der Waals surface area contributed by atoms with Crippen LogP contribution >= 0.6 is 0 Å². The highest BCUT2D eigenvalue weighted by molar-refractivity contribution is 6.07. The Morgan fingerprint density at radius 2 is 0.976 bits per heavy atom. The van der Waals surface area contributed by atoms with Crippen LogP contribution in [0, 0.1) is 13.8 Å². The van der Waals surface area contributed by atoms with Gasteiger partial charge in [0.25, 0.3) is 0 Å². The lowest BCUT2D eigenvalue weighted by Crippen LogP contribution is -2.05. The normalized spacial score (nSPS) is 11.1. The van der Waals surface area contributed by atoms with E-state index in [-0.39, 0.29) is 11.1 Å². The molecule has 41 heavy (non-hydrogen) atoms. The van der Waals surface area contributed by atoms with Gasteiger partial charge in [0.1, 0.15) is 11.5 Å². The molecule has 6 aromatic rings. The molecular weight excluding hydrogens is 516 g/mol. The summed E-state index contributed by atoms with van der Waals surface area (Å²) in [5.74, 6) is -1.32. The fourth-order valence-electron chi connectivity index (χ4n) is 5.24. The first-order valence-corrected chi connectivity index (χ1v) is 13.0. The molecule has 4 aromatic carbocycles. The minimum atomic E-state index is -1.06. The van der Waals surface area contributed by atoms with Crippen LogP contribution in [0.3, 0.4) is 0 Å². The lowest BCUT2D eigenvalue weighted by Gasteiger charge is -2.15. The van der Waals surface area contributed by atoms with E-state index >= 15 is 0 Å². The zero-order valence-electron chi connectivity index (χ0n) is 22.3. The molecule has 0 spiro atoms. The molecular formula is C34H24N2O5. The highest BCUT2D eigenvalue weighted by Gasteiger charge is 2.21. The van der Waals surface area contributed by atoms with Gasteiger partial charge >= 0.3 is 11.9 Å². The second kappa shape index (κ2) is 10.2. The summed E-state index contributed by atoms with van der Waals surface area (Å²) >= 11 is 0. The van der Waals surface area contributed by atoms with Gasteiger partial charge in [-0.15, -0.1) is 0 Å². The Morgan fingerprint density at radius 1 is 0.585 bits per heavy atom. The monoisotopic (exact) mass is 540 g/mol. The number of hydrogen-bond donors (Lipinski definition) is 2. The standard InChI is InChI=1S/C34H24N2O5/c1-19-29(33(37)38)25-17-23(13-15-27(25)35-31(19)21-9-5-3-6-10-21)41-24-14-16-28-26(18-24)30(34(39)40)20(2)32(36-28)22-11-7-4-8-12-22/h3-18H,1-2H3,(H,37,38)(H,39,40). The highest BCUT2D eigenvalue weighted by Crippen LogP contribution is 2.35. The van der Waals surface area contributed by atoms with Gasteiger partial charge in [0.05, 0.1) is 33.5 Å². The zero-order valence-corrected chi connectivity index (χ0v) is 22.3. The molecule has 0 saturated carbocycles. The fourth-order valence-corrected chi connectivity index (χ4v) is 5.24. The molecule has 0 saturated heterocycles. The van der Waals surface area contributed by atoms with Crippen LogP contribution in [0.4, 0.5) is 0 Å². The molecule has 2 aromatic heterocycles. The van der Waals surface area contributed by atoms with Gasteiger partial charge in [0, 0.05) is 21.9 Å². The SMILES string of the molecule is Cc1c(-c2ccccc2)nc2ccc(Oc3ccc4nc(-c5ccccc5)c(C)c(C(=O)O)c4c3)cc2c1C(=O)O. The summed E-state index contributed by atoms with van der Waals surface area (Å²) in [4.78, 5) is 34.3. The summed E-state index contributed by atoms with van der Waals surface area (Å²) in [5, 5.41) is 21.1. The second-order valence-electron chi connectivity index (χ2n) is 9.72. The zero-order chi connectivity index (χ0) is 28.7. The number of aromatic carboxylic acids is 2. The number of pyridine rings is 2. The Balaban J connectivity index is 1.44. The Kier molecular flexibility index (Phi) is 6.40. The van der Waals surface area contributed by atoms with Crippen molar-refractivity contribution in [2.24, 2.45) is 0 Å². The molecule has 0 atom stereocenters. The van der Waals surface area contributed by atoms with Crippen molar-refractivity contribution in [3.05, 3.63) is 119 Å². The first kappa shape index (κ1) is 25.7. The molecule has 2 N–H and O–H groups in total. The first-order chi connectivity index (χ1) is 19.8. The van der Waals surface area contributed by atoms with Gasteiger partial charge in [-0.3, -0.25) is 0 Å². The van der Waals surface area contributed by atoms with Gasteiger partial charge in [-0.05, 0) is 61.4 Å². The summed E-state index contributed by atoms with van der Waals surface area (Å²) < 4.78 is 6.13. The Hall–Kier alpha value is -5.56. The number of rotatable bonds is 6. The van der Waals surface area contributed by atoms with E-state index in [1.54, 1.807) is 50.2 Å². The molecule has 0 amide bonds. The average Bonchev–Trinajstić information content (AvgIpc) is 2.97. The van der Waals surface area contributed by atoms with Crippen molar-refractivity contribution in [2.75, 3.05) is 0 Å². The number of carbonyl (C=O) groups is 2. The maximum Gasteiger partial charge on any atom is 0.336 e. The van der Waals surface area contributed by atoms with E-state index in [2.05, 4.69) is 0 Å². The summed E-state index contributed by atoms with van der Waals surface area (Å²) in [6, 6.07) is 29.1. The van der Waals surface area contributed by atoms with E-state index in [0.717, 1.165) is 11.1 Å². The molecule has 0 unspecified atom stereocenters. The van der Waals surface area contributed by atoms with Crippen molar-refractivity contribution < 1.29 is 24.5 Å². The summed E-state index contributed by atoms with van der Waals surface area (Å²) in [5.41, 5.74) is 5.35. The van der Waals surface area contributed by atoms with Crippen molar-refractivity contribution in [3.8, 4) is 34.0 Å². The molecule has 200 valence electrons. The van der Waals surface area contributed by atoms with Gasteiger partial charge in [-0.1, -0.05) is 60.7 Å². The van der Waals surface area contributed by atoms with Crippen LogP contribution in [0.5, 0.6) is 11.5 Å². The topological polar surface area (TPSA) is 110 Å². The molecule has 0 bridgehead atoms. The van der Waals surface area contributed by atoms with Gasteiger partial charge < -0.3 is 14.9 Å². The predicted octanol–water partition coefficient (Wildman–Crippen LogP) is 7.92. The molecule has 7 nitrogen and oxygen atoms in total. The van der Waals surface area contributed by atoms with Crippen LogP contribution in [-0.2, 0) is 0 Å². The van der Waals surface area contributed by atoms with E-state index < -0.39 is 11.9 Å². The third-order valence-corrected chi connectivity index (χ3v) is 7.16. The molecule has 0 fully saturated rings. The van der Waals surface area contributed by atoms with Crippen molar-refractivity contribution in [1.29, 1.82) is 0 Å². The summed E-state index contributed by atoms with van der Waals surface area (Å²) in [7, 11) is 0. The van der Waals surface area contributed by atoms with Crippen molar-refractivity contribution >= 4 is 33.7 Å². The number of aromatic nitrogens is 2. The molecule has 6 rings (SSSR count). The average molecular weight is 541 g/mol. The van der Waals surface area contributed by atoms with Crippen LogP contribution in [0.25, 0.3) is 44.3 Å². The van der Waals surface area contributed by atoms with E-state index in [1.807, 2.05) is 60.7 Å². The number of carboxylic acids is 2. The highest BCUT2D eigenvalue weighted by atomic mass is 16.5. The number of carboxylic acid groups (broad SMARTS) is 2. The van der Waals surface area contributed by atoms with Crippen molar-refractivity contribution in [2.45, 2.75) is 13.8 Å². The number of benzene rings is 4. The van der Waals surface area contributed by atoms with Crippen LogP contribution in [0.2, 0.25) is 0 Å². The number of hydrogen-bond acceptors (Lipinski definition) is 5. The smallest absolute Gasteiger partial charge is 0.336 e. The minimum Gasteiger partial charge on any atom is -0.478 e. The van der Waals surface area contributed by atoms with Crippen molar-refractivity contribution in [1.82, 2.24) is 9.97 Å². The van der Waals surface area contributed by atoms with Crippen LogP contribution in [-0.4, -0.2) is 32.1 Å². The Morgan fingerprint density at radius 3 is 1.34 bits per heavy atom. The molecule has 7 heteroatoms. The van der Waals surface area contributed by atoms with Crippen molar-refractivity contribution in [3.63, 3.8) is 0 Å². The second-order valence-corrected chi connectivity index (χ2v) is 9.72. The van der Waals surface area contributed by atoms with Crippen LogP contribution < -0.4 is 4.74 Å². The fraction of sp³-hybridized carbons (Fsp3) is 0.0588. The third kappa shape index (κ3) is 4.63. The summed E-state index contributed by atoms with van der Waals surface area (Å²) in [6.07, 6.45) is 0. The number of nitrogens with zero attached hydrogens (tertiary/aromatic N) is 2. The predicted molar refractivity (Wildman–Crippen MR) is 158 cm³/mol. The van der Waals surface area contributed by atoms with Gasteiger partial charge in [-0.2, -0.15) is 0 Å². The van der Waals surface area contributed by atoms with Gasteiger partial charge in [0.2, 0.25) is 0 Å². The Labute approximate surface area is 235 Å². The molecule has 0 aliphatic rings. The molecule has 0 aliphatic heterocycles. The largest absolute Gasteiger partial charge is 0.478 e. The molecule has 0 radical (unpaired) electrons. The minimum absolute atomic E-state index is 0.152. The van der Waals surface area contributed by atoms with Crippen LogP contribution in [0.15, 0.2) is 97.1 Å². The molecule has 0 aliphatic carbocycles. The van der Waals surface area contributed by atoms with Crippen LogP contribution in [0.1, 0.15) is 31.8 Å².